The number of nitrogens with zero attached hydrogens (tertiary/aromatic N) is 2. The van der Waals surface area contributed by atoms with Gasteiger partial charge in [-0.05, 0) is 54.8 Å². The van der Waals surface area contributed by atoms with Gasteiger partial charge < -0.3 is 9.47 Å². The van der Waals surface area contributed by atoms with Crippen molar-refractivity contribution in [2.75, 3.05) is 11.2 Å². The lowest BCUT2D eigenvalue weighted by Gasteiger charge is -2.25. The number of aromatic nitrogens is 1. The molecule has 0 aliphatic carbocycles. The van der Waals surface area contributed by atoms with Crippen LogP contribution in [0.5, 0.6) is 0 Å². The van der Waals surface area contributed by atoms with Crippen LogP contribution in [0, 0.1) is 13.8 Å². The fourth-order valence-electron chi connectivity index (χ4n) is 4.21. The standard InChI is InChI=1S/C28H28N2O3S/c1-20-15-16-25(34(4,32)33)17-26(20)28-27(21(2)18-30(28)24-13-9-6-10-14-24)29(22(3)31)19-23-11-7-5-8-12-23/h5-18H,19H2,1-4H3. The molecule has 1 amide bonds. The molecule has 0 aliphatic rings. The van der Waals surface area contributed by atoms with Crippen LogP contribution in [0.3, 0.4) is 0 Å². The summed E-state index contributed by atoms with van der Waals surface area (Å²) in [6.45, 7) is 5.91. The van der Waals surface area contributed by atoms with Crippen molar-refractivity contribution in [1.29, 1.82) is 0 Å². The van der Waals surface area contributed by atoms with E-state index in [-0.39, 0.29) is 10.8 Å². The first-order chi connectivity index (χ1) is 16.2. The van der Waals surface area contributed by atoms with Crippen molar-refractivity contribution in [1.82, 2.24) is 4.57 Å². The number of hydrogen-bond acceptors (Lipinski definition) is 3. The topological polar surface area (TPSA) is 59.4 Å². The predicted molar refractivity (Wildman–Crippen MR) is 137 cm³/mol. The summed E-state index contributed by atoms with van der Waals surface area (Å²) >= 11 is 0. The number of para-hydroxylation sites is 1. The molecule has 0 unspecified atom stereocenters. The molecule has 0 atom stereocenters. The van der Waals surface area contributed by atoms with Crippen LogP contribution in [0.2, 0.25) is 0 Å². The summed E-state index contributed by atoms with van der Waals surface area (Å²) in [6, 6.07) is 24.9. The van der Waals surface area contributed by atoms with Gasteiger partial charge in [0.05, 0.1) is 22.8 Å². The van der Waals surface area contributed by atoms with Crippen molar-refractivity contribution in [3.05, 3.63) is 102 Å². The highest BCUT2D eigenvalue weighted by Gasteiger charge is 2.26. The highest BCUT2D eigenvalue weighted by molar-refractivity contribution is 7.90. The number of amides is 1. The maximum atomic E-state index is 13.0. The SMILES string of the molecule is CC(=O)N(Cc1ccccc1)c1c(C)cn(-c2ccccc2)c1-c1cc(S(C)(=O)=O)ccc1C. The van der Waals surface area contributed by atoms with E-state index in [1.165, 1.54) is 6.26 Å². The average Bonchev–Trinajstić information content (AvgIpc) is 3.14. The molecule has 1 aromatic heterocycles. The molecule has 4 aromatic rings. The number of anilines is 1. The zero-order valence-electron chi connectivity index (χ0n) is 19.8. The molecule has 0 bridgehead atoms. The van der Waals surface area contributed by atoms with Crippen LogP contribution in [0.15, 0.2) is 90.0 Å². The first-order valence-electron chi connectivity index (χ1n) is 11.1. The molecule has 174 valence electrons. The minimum atomic E-state index is -3.41. The van der Waals surface area contributed by atoms with Crippen LogP contribution in [0.4, 0.5) is 5.69 Å². The molecule has 0 saturated carbocycles. The van der Waals surface area contributed by atoms with E-state index in [1.807, 2.05) is 91.3 Å². The second-order valence-corrected chi connectivity index (χ2v) is 10.6. The summed E-state index contributed by atoms with van der Waals surface area (Å²) in [5.74, 6) is -0.0871. The molecule has 6 heteroatoms. The quantitative estimate of drug-likeness (QED) is 0.361. The van der Waals surface area contributed by atoms with Crippen LogP contribution in [0.1, 0.15) is 23.6 Å². The summed E-state index contributed by atoms with van der Waals surface area (Å²) in [5.41, 5.74) is 6.12. The molecule has 4 rings (SSSR count). The van der Waals surface area contributed by atoms with E-state index in [9.17, 15) is 13.2 Å². The summed E-state index contributed by atoms with van der Waals surface area (Å²) in [5, 5.41) is 0. The summed E-state index contributed by atoms with van der Waals surface area (Å²) in [7, 11) is -3.41. The van der Waals surface area contributed by atoms with E-state index in [0.717, 1.165) is 39.3 Å². The second-order valence-electron chi connectivity index (χ2n) is 8.55. The summed E-state index contributed by atoms with van der Waals surface area (Å²) in [4.78, 5) is 15.0. The lowest BCUT2D eigenvalue weighted by Crippen LogP contribution is -2.28. The van der Waals surface area contributed by atoms with Crippen LogP contribution >= 0.6 is 0 Å². The van der Waals surface area contributed by atoms with Crippen molar-refractivity contribution in [3.63, 3.8) is 0 Å². The number of hydrogen-bond donors (Lipinski definition) is 0. The van der Waals surface area contributed by atoms with Gasteiger partial charge in [0, 0.05) is 30.6 Å². The van der Waals surface area contributed by atoms with Crippen LogP contribution in [-0.4, -0.2) is 25.1 Å². The third-order valence-electron chi connectivity index (χ3n) is 5.92. The monoisotopic (exact) mass is 472 g/mol. The Hall–Kier alpha value is -3.64. The first kappa shape index (κ1) is 23.5. The maximum absolute atomic E-state index is 13.0. The van der Waals surface area contributed by atoms with Crippen LogP contribution in [-0.2, 0) is 21.2 Å². The van der Waals surface area contributed by atoms with E-state index in [2.05, 4.69) is 0 Å². The maximum Gasteiger partial charge on any atom is 0.224 e. The third-order valence-corrected chi connectivity index (χ3v) is 7.03. The lowest BCUT2D eigenvalue weighted by molar-refractivity contribution is -0.116. The lowest BCUT2D eigenvalue weighted by atomic mass is 10.0. The molecule has 0 fully saturated rings. The third kappa shape index (κ3) is 4.68. The predicted octanol–water partition coefficient (Wildman–Crippen LogP) is 5.72. The van der Waals surface area contributed by atoms with Gasteiger partial charge in [0.2, 0.25) is 5.91 Å². The zero-order chi connectivity index (χ0) is 24.5. The summed E-state index contributed by atoms with van der Waals surface area (Å²) in [6.07, 6.45) is 3.22. The number of sulfone groups is 1. The minimum absolute atomic E-state index is 0.0871. The Morgan fingerprint density at radius 3 is 2.09 bits per heavy atom. The number of rotatable bonds is 6. The van der Waals surface area contributed by atoms with Gasteiger partial charge in [-0.15, -0.1) is 0 Å². The second kappa shape index (κ2) is 9.31. The molecule has 1 heterocycles. The molecular formula is C28H28N2O3S. The Balaban J connectivity index is 2.02. The molecule has 34 heavy (non-hydrogen) atoms. The fraction of sp³-hybridized carbons (Fsp3) is 0.179. The van der Waals surface area contributed by atoms with Gasteiger partial charge in [-0.25, -0.2) is 8.42 Å². The van der Waals surface area contributed by atoms with E-state index >= 15 is 0 Å². The van der Waals surface area contributed by atoms with Crippen LogP contribution < -0.4 is 4.90 Å². The molecule has 0 saturated heterocycles. The van der Waals surface area contributed by atoms with Crippen molar-refractivity contribution in [3.8, 4) is 16.9 Å². The normalized spacial score (nSPS) is 11.4. The van der Waals surface area contributed by atoms with E-state index in [4.69, 9.17) is 0 Å². The van der Waals surface area contributed by atoms with Crippen LogP contribution in [0.25, 0.3) is 16.9 Å². The van der Waals surface area contributed by atoms with Crippen molar-refractivity contribution >= 4 is 21.4 Å². The van der Waals surface area contributed by atoms with Gasteiger partial charge in [0.25, 0.3) is 0 Å². The molecule has 3 aromatic carbocycles. The number of carbonyl (C=O) groups excluding carboxylic acids is 1. The number of aryl methyl sites for hydroxylation is 2. The Labute approximate surface area is 201 Å². The smallest absolute Gasteiger partial charge is 0.224 e. The fourth-order valence-corrected chi connectivity index (χ4v) is 4.86. The minimum Gasteiger partial charge on any atom is -0.314 e. The molecular weight excluding hydrogens is 444 g/mol. The largest absolute Gasteiger partial charge is 0.314 e. The number of benzene rings is 3. The van der Waals surface area contributed by atoms with Gasteiger partial charge in [0.1, 0.15) is 0 Å². The summed E-state index contributed by atoms with van der Waals surface area (Å²) < 4.78 is 26.8. The van der Waals surface area contributed by atoms with Crippen molar-refractivity contribution in [2.24, 2.45) is 0 Å². The first-order valence-corrected chi connectivity index (χ1v) is 13.0. The molecule has 0 N–H and O–H groups in total. The van der Waals surface area contributed by atoms with Crippen molar-refractivity contribution in [2.45, 2.75) is 32.2 Å². The number of carbonyl (C=O) groups is 1. The Morgan fingerprint density at radius 1 is 0.882 bits per heavy atom. The highest BCUT2D eigenvalue weighted by Crippen LogP contribution is 2.40. The van der Waals surface area contributed by atoms with E-state index in [0.29, 0.717) is 6.54 Å². The Kier molecular flexibility index (Phi) is 6.44. The zero-order valence-corrected chi connectivity index (χ0v) is 20.6. The highest BCUT2D eigenvalue weighted by atomic mass is 32.2. The van der Waals surface area contributed by atoms with E-state index in [1.54, 1.807) is 24.0 Å². The molecule has 0 spiro atoms. The van der Waals surface area contributed by atoms with Gasteiger partial charge in [0.15, 0.2) is 9.84 Å². The van der Waals surface area contributed by atoms with Gasteiger partial charge >= 0.3 is 0 Å². The molecule has 0 aliphatic heterocycles. The Morgan fingerprint density at radius 2 is 1.50 bits per heavy atom. The van der Waals surface area contributed by atoms with Gasteiger partial charge in [-0.1, -0.05) is 54.6 Å². The average molecular weight is 473 g/mol. The van der Waals surface area contributed by atoms with Crippen molar-refractivity contribution < 1.29 is 13.2 Å². The molecule has 0 radical (unpaired) electrons. The van der Waals surface area contributed by atoms with Gasteiger partial charge in [-0.2, -0.15) is 0 Å². The Bertz CT molecular complexity index is 1440. The molecule has 5 nitrogen and oxygen atoms in total. The van der Waals surface area contributed by atoms with Gasteiger partial charge in [-0.3, -0.25) is 4.79 Å². The van der Waals surface area contributed by atoms with E-state index < -0.39 is 9.84 Å².